The lowest BCUT2D eigenvalue weighted by Crippen LogP contribution is -2.38. The molecule has 0 saturated heterocycles. The second kappa shape index (κ2) is 10.6. The molecule has 0 atom stereocenters. The summed E-state index contributed by atoms with van der Waals surface area (Å²) >= 11 is 0. The van der Waals surface area contributed by atoms with Gasteiger partial charge in [-0.25, -0.2) is 8.42 Å². The number of nitrogens with zero attached hydrogens (tertiary/aromatic N) is 3. The number of rotatable bonds is 9. The molecule has 2 N–H and O–H groups in total. The van der Waals surface area contributed by atoms with E-state index in [1.165, 1.54) is 5.56 Å². The third-order valence-electron chi connectivity index (χ3n) is 4.66. The summed E-state index contributed by atoms with van der Waals surface area (Å²) in [7, 11) is -1.56. The van der Waals surface area contributed by atoms with E-state index < -0.39 is 9.84 Å². The number of aromatic nitrogens is 2. The molecule has 1 heterocycles. The average Bonchev–Trinajstić information content (AvgIpc) is 3.28. The molecule has 0 aliphatic rings. The molecule has 1 aromatic heterocycles. The molecule has 0 unspecified atom stereocenters. The lowest BCUT2D eigenvalue weighted by atomic mass is 10.1. The maximum Gasteiger partial charge on any atom is 0.191 e. The zero-order valence-electron chi connectivity index (χ0n) is 17.0. The van der Waals surface area contributed by atoms with E-state index in [9.17, 15) is 8.42 Å². The van der Waals surface area contributed by atoms with Gasteiger partial charge in [0.25, 0.3) is 0 Å². The van der Waals surface area contributed by atoms with Gasteiger partial charge >= 0.3 is 0 Å². The minimum absolute atomic E-state index is 0.0910. The summed E-state index contributed by atoms with van der Waals surface area (Å²) in [6.07, 6.45) is 4.20. The van der Waals surface area contributed by atoms with Gasteiger partial charge in [-0.3, -0.25) is 9.67 Å². The Morgan fingerprint density at radius 3 is 2.43 bits per heavy atom. The highest BCUT2D eigenvalue weighted by Crippen LogP contribution is 2.11. The molecule has 0 fully saturated rings. The SMILES string of the molecule is CN=C(NCCCS(=O)(=O)c1ccccc1)NCc1ccccc1Cn1cccn1. The zero-order chi connectivity index (χ0) is 21.2. The number of nitrogens with one attached hydrogen (secondary N) is 2. The highest BCUT2D eigenvalue weighted by Gasteiger charge is 2.13. The first-order chi connectivity index (χ1) is 14.6. The Hall–Kier alpha value is -3.13. The molecule has 3 aromatic rings. The van der Waals surface area contributed by atoms with E-state index in [-0.39, 0.29) is 5.75 Å². The van der Waals surface area contributed by atoms with Crippen LogP contribution in [0.1, 0.15) is 17.5 Å². The van der Waals surface area contributed by atoms with Crippen molar-refractivity contribution in [2.24, 2.45) is 4.99 Å². The largest absolute Gasteiger partial charge is 0.356 e. The van der Waals surface area contributed by atoms with Crippen molar-refractivity contribution in [1.29, 1.82) is 0 Å². The summed E-state index contributed by atoms with van der Waals surface area (Å²) in [4.78, 5) is 4.59. The molecule has 30 heavy (non-hydrogen) atoms. The number of guanidine groups is 1. The maximum absolute atomic E-state index is 12.3. The third kappa shape index (κ3) is 6.18. The first-order valence-electron chi connectivity index (χ1n) is 9.85. The van der Waals surface area contributed by atoms with Gasteiger partial charge in [0.15, 0.2) is 15.8 Å². The van der Waals surface area contributed by atoms with Crippen molar-refractivity contribution in [3.63, 3.8) is 0 Å². The predicted octanol–water partition coefficient (Wildman–Crippen LogP) is 2.46. The van der Waals surface area contributed by atoms with Crippen molar-refractivity contribution >= 4 is 15.8 Å². The fourth-order valence-corrected chi connectivity index (χ4v) is 4.40. The van der Waals surface area contributed by atoms with E-state index in [1.54, 1.807) is 37.5 Å². The molecular weight excluding hydrogens is 398 g/mol. The van der Waals surface area contributed by atoms with Crippen LogP contribution in [0.5, 0.6) is 0 Å². The van der Waals surface area contributed by atoms with E-state index in [1.807, 2.05) is 35.1 Å². The second-order valence-corrected chi connectivity index (χ2v) is 8.92. The number of aliphatic imine (C=N–C) groups is 1. The van der Waals surface area contributed by atoms with Crippen molar-refractivity contribution in [3.8, 4) is 0 Å². The number of benzene rings is 2. The van der Waals surface area contributed by atoms with E-state index in [2.05, 4.69) is 32.9 Å². The Morgan fingerprint density at radius 1 is 1.00 bits per heavy atom. The fraction of sp³-hybridized carbons (Fsp3) is 0.273. The normalized spacial score (nSPS) is 12.0. The zero-order valence-corrected chi connectivity index (χ0v) is 17.8. The molecule has 0 saturated carbocycles. The molecule has 2 aromatic carbocycles. The summed E-state index contributed by atoms with van der Waals surface area (Å²) in [6.45, 7) is 1.83. The Balaban J connectivity index is 1.48. The maximum atomic E-state index is 12.3. The fourth-order valence-electron chi connectivity index (χ4n) is 3.07. The number of sulfone groups is 1. The Morgan fingerprint density at radius 2 is 1.73 bits per heavy atom. The standard InChI is InChI=1S/C22H27N5O2S/c1-23-22(24-13-8-16-30(28,29)21-11-3-2-4-12-21)25-17-19-9-5-6-10-20(19)18-27-15-7-14-26-27/h2-7,9-12,14-15H,8,13,16-18H2,1H3,(H2,23,24,25). The van der Waals surface area contributed by atoms with E-state index in [4.69, 9.17) is 0 Å². The number of hydrogen-bond donors (Lipinski definition) is 2. The lowest BCUT2D eigenvalue weighted by molar-refractivity contribution is 0.592. The van der Waals surface area contributed by atoms with Gasteiger partial charge < -0.3 is 10.6 Å². The summed E-state index contributed by atoms with van der Waals surface area (Å²) in [5.74, 6) is 0.731. The van der Waals surface area contributed by atoms with Gasteiger partial charge in [0.05, 0.1) is 17.2 Å². The summed E-state index contributed by atoms with van der Waals surface area (Å²) < 4.78 is 26.6. The van der Waals surface area contributed by atoms with Crippen LogP contribution in [-0.2, 0) is 22.9 Å². The quantitative estimate of drug-likeness (QED) is 0.312. The highest BCUT2D eigenvalue weighted by atomic mass is 32.2. The van der Waals surface area contributed by atoms with Crippen molar-refractivity contribution in [1.82, 2.24) is 20.4 Å². The van der Waals surface area contributed by atoms with Gasteiger partial charge in [0.2, 0.25) is 0 Å². The van der Waals surface area contributed by atoms with Crippen LogP contribution in [0.25, 0.3) is 0 Å². The monoisotopic (exact) mass is 425 g/mol. The molecule has 7 nitrogen and oxygen atoms in total. The van der Waals surface area contributed by atoms with Crippen LogP contribution >= 0.6 is 0 Å². The molecule has 0 spiro atoms. The average molecular weight is 426 g/mol. The van der Waals surface area contributed by atoms with Gasteiger partial charge in [-0.15, -0.1) is 0 Å². The highest BCUT2D eigenvalue weighted by molar-refractivity contribution is 7.91. The molecule has 0 bridgehead atoms. The minimum atomic E-state index is -3.26. The minimum Gasteiger partial charge on any atom is -0.356 e. The van der Waals surface area contributed by atoms with Crippen LogP contribution in [0.4, 0.5) is 0 Å². The molecule has 0 amide bonds. The van der Waals surface area contributed by atoms with E-state index >= 15 is 0 Å². The molecule has 158 valence electrons. The van der Waals surface area contributed by atoms with Crippen molar-refractivity contribution in [2.45, 2.75) is 24.4 Å². The third-order valence-corrected chi connectivity index (χ3v) is 6.48. The van der Waals surface area contributed by atoms with Crippen molar-refractivity contribution < 1.29 is 8.42 Å². The molecule has 0 aliphatic heterocycles. The molecule has 8 heteroatoms. The Bertz CT molecular complexity index is 1050. The first-order valence-corrected chi connectivity index (χ1v) is 11.5. The summed E-state index contributed by atoms with van der Waals surface area (Å²) in [5, 5.41) is 10.7. The Labute approximate surface area is 177 Å². The first kappa shape index (κ1) is 21.6. The smallest absolute Gasteiger partial charge is 0.191 e. The van der Waals surface area contributed by atoms with Crippen LogP contribution in [-0.4, -0.2) is 43.5 Å². The number of hydrogen-bond acceptors (Lipinski definition) is 4. The predicted molar refractivity (Wildman–Crippen MR) is 119 cm³/mol. The topological polar surface area (TPSA) is 88.4 Å². The van der Waals surface area contributed by atoms with Crippen LogP contribution in [0, 0.1) is 0 Å². The van der Waals surface area contributed by atoms with Gasteiger partial charge in [0, 0.05) is 32.5 Å². The molecule has 0 radical (unpaired) electrons. The molecule has 0 aliphatic carbocycles. The van der Waals surface area contributed by atoms with Gasteiger partial charge in [-0.05, 0) is 35.7 Å². The molecular formula is C22H27N5O2S. The van der Waals surface area contributed by atoms with E-state index in [0.717, 1.165) is 5.56 Å². The lowest BCUT2D eigenvalue weighted by Gasteiger charge is -2.14. The second-order valence-electron chi connectivity index (χ2n) is 6.81. The van der Waals surface area contributed by atoms with Crippen LogP contribution in [0.15, 0.2) is 82.9 Å². The van der Waals surface area contributed by atoms with Gasteiger partial charge in [0.1, 0.15) is 0 Å². The van der Waals surface area contributed by atoms with Gasteiger partial charge in [-0.1, -0.05) is 42.5 Å². The van der Waals surface area contributed by atoms with Crippen LogP contribution in [0.2, 0.25) is 0 Å². The summed E-state index contributed by atoms with van der Waals surface area (Å²) in [5.41, 5.74) is 2.33. The van der Waals surface area contributed by atoms with Crippen molar-refractivity contribution in [2.75, 3.05) is 19.3 Å². The molecule has 3 rings (SSSR count). The summed E-state index contributed by atoms with van der Waals surface area (Å²) in [6, 6.07) is 18.6. The van der Waals surface area contributed by atoms with Crippen LogP contribution < -0.4 is 10.6 Å². The van der Waals surface area contributed by atoms with Gasteiger partial charge in [-0.2, -0.15) is 5.10 Å². The van der Waals surface area contributed by atoms with E-state index in [0.29, 0.717) is 36.9 Å². The Kier molecular flexibility index (Phi) is 7.62. The van der Waals surface area contributed by atoms with Crippen LogP contribution in [0.3, 0.4) is 0 Å². The van der Waals surface area contributed by atoms with Crippen molar-refractivity contribution in [3.05, 3.63) is 84.2 Å².